The Morgan fingerprint density at radius 1 is 1.29 bits per heavy atom. The van der Waals surface area contributed by atoms with Crippen LogP contribution < -0.4 is 4.74 Å². The molecule has 1 fully saturated rings. The van der Waals surface area contributed by atoms with E-state index in [0.29, 0.717) is 31.1 Å². The number of fused-ring (bicyclic) bond motifs is 1. The standard InChI is InChI=1S/C15H19N5O3S/c21-24(22,13-4-5-13)19-7-2-8-20-15(10-19)14(17-18-20)11-23-12-3-1-6-16-9-12/h1,3,6,9,13H,2,4-5,7-8,10-11H2. The van der Waals surface area contributed by atoms with Gasteiger partial charge in [0.2, 0.25) is 10.0 Å². The zero-order valence-corrected chi connectivity index (χ0v) is 14.0. The van der Waals surface area contributed by atoms with E-state index >= 15 is 0 Å². The van der Waals surface area contributed by atoms with Crippen LogP contribution in [0.5, 0.6) is 5.75 Å². The fourth-order valence-corrected chi connectivity index (χ4v) is 4.69. The first-order valence-corrected chi connectivity index (χ1v) is 9.58. The highest BCUT2D eigenvalue weighted by atomic mass is 32.2. The first kappa shape index (κ1) is 15.5. The van der Waals surface area contributed by atoms with E-state index in [1.165, 1.54) is 0 Å². The Kier molecular flexibility index (Phi) is 3.97. The maximum atomic E-state index is 12.6. The van der Waals surface area contributed by atoms with Crippen molar-refractivity contribution in [1.82, 2.24) is 24.3 Å². The van der Waals surface area contributed by atoms with E-state index in [2.05, 4.69) is 15.3 Å². The molecule has 1 saturated carbocycles. The molecule has 0 saturated heterocycles. The van der Waals surface area contributed by atoms with Crippen LogP contribution in [-0.4, -0.2) is 44.5 Å². The molecule has 2 aromatic rings. The van der Waals surface area contributed by atoms with E-state index in [4.69, 9.17) is 4.74 Å². The van der Waals surface area contributed by atoms with Crippen LogP contribution in [0.2, 0.25) is 0 Å². The second kappa shape index (κ2) is 6.14. The van der Waals surface area contributed by atoms with Crippen LogP contribution in [0.1, 0.15) is 30.7 Å². The van der Waals surface area contributed by atoms with Gasteiger partial charge in [0.15, 0.2) is 0 Å². The number of aromatic nitrogens is 4. The second-order valence-corrected chi connectivity index (χ2v) is 8.33. The molecule has 1 aliphatic carbocycles. The fourth-order valence-electron chi connectivity index (χ4n) is 2.85. The normalized spacial score (nSPS) is 18.8. The third kappa shape index (κ3) is 3.01. The molecule has 0 atom stereocenters. The van der Waals surface area contributed by atoms with Crippen LogP contribution in [-0.2, 0) is 29.7 Å². The van der Waals surface area contributed by atoms with E-state index in [0.717, 1.165) is 25.0 Å². The summed E-state index contributed by atoms with van der Waals surface area (Å²) in [5, 5.41) is 8.13. The average molecular weight is 349 g/mol. The summed E-state index contributed by atoms with van der Waals surface area (Å²) in [5.41, 5.74) is 1.50. The van der Waals surface area contributed by atoms with Gasteiger partial charge in [0.05, 0.1) is 23.7 Å². The molecule has 0 N–H and O–H groups in total. The zero-order valence-electron chi connectivity index (χ0n) is 13.2. The molecule has 0 amide bonds. The Morgan fingerprint density at radius 3 is 2.92 bits per heavy atom. The molecular weight excluding hydrogens is 330 g/mol. The van der Waals surface area contributed by atoms with Gasteiger partial charge in [-0.15, -0.1) is 5.10 Å². The summed E-state index contributed by atoms with van der Waals surface area (Å²) in [4.78, 5) is 4.00. The number of nitrogens with zero attached hydrogens (tertiary/aromatic N) is 5. The minimum atomic E-state index is -3.20. The van der Waals surface area contributed by atoms with Gasteiger partial charge in [-0.25, -0.2) is 13.1 Å². The van der Waals surface area contributed by atoms with Gasteiger partial charge in [-0.05, 0) is 31.4 Å². The first-order chi connectivity index (χ1) is 11.6. The highest BCUT2D eigenvalue weighted by Gasteiger charge is 2.41. The summed E-state index contributed by atoms with van der Waals surface area (Å²) in [5.74, 6) is 0.648. The van der Waals surface area contributed by atoms with E-state index in [9.17, 15) is 8.42 Å². The number of hydrogen-bond donors (Lipinski definition) is 0. The van der Waals surface area contributed by atoms with Crippen molar-refractivity contribution in [2.75, 3.05) is 6.54 Å². The van der Waals surface area contributed by atoms with E-state index in [1.807, 2.05) is 6.07 Å². The highest BCUT2D eigenvalue weighted by molar-refractivity contribution is 7.90. The number of rotatable bonds is 5. The van der Waals surface area contributed by atoms with E-state index in [-0.39, 0.29) is 11.9 Å². The summed E-state index contributed by atoms with van der Waals surface area (Å²) in [6, 6.07) is 3.62. The molecule has 0 spiro atoms. The number of pyridine rings is 1. The number of sulfonamides is 1. The molecule has 8 nitrogen and oxygen atoms in total. The second-order valence-electron chi connectivity index (χ2n) is 6.11. The predicted octanol–water partition coefficient (Wildman–Crippen LogP) is 0.950. The van der Waals surface area contributed by atoms with Gasteiger partial charge in [0, 0.05) is 19.3 Å². The van der Waals surface area contributed by atoms with Gasteiger partial charge < -0.3 is 4.74 Å². The average Bonchev–Trinajstić information content (AvgIpc) is 3.40. The first-order valence-electron chi connectivity index (χ1n) is 8.07. The van der Waals surface area contributed by atoms with Gasteiger partial charge in [0.25, 0.3) is 0 Å². The number of ether oxygens (including phenoxy) is 1. The molecule has 9 heteroatoms. The monoisotopic (exact) mass is 349 g/mol. The summed E-state index contributed by atoms with van der Waals surface area (Å²) < 4.78 is 34.2. The smallest absolute Gasteiger partial charge is 0.217 e. The largest absolute Gasteiger partial charge is 0.486 e. The molecule has 0 radical (unpaired) electrons. The van der Waals surface area contributed by atoms with Crippen molar-refractivity contribution in [2.24, 2.45) is 0 Å². The van der Waals surface area contributed by atoms with Gasteiger partial charge in [-0.2, -0.15) is 4.31 Å². The molecule has 24 heavy (non-hydrogen) atoms. The SMILES string of the molecule is O=S(=O)(C1CC1)N1CCCn2nnc(COc3cccnc3)c2C1. The highest BCUT2D eigenvalue weighted by Crippen LogP contribution is 2.32. The van der Waals surface area contributed by atoms with E-state index < -0.39 is 10.0 Å². The van der Waals surface area contributed by atoms with Crippen molar-refractivity contribution >= 4 is 10.0 Å². The maximum Gasteiger partial charge on any atom is 0.217 e. The molecule has 4 rings (SSSR count). The summed E-state index contributed by atoms with van der Waals surface area (Å²) in [6.07, 6.45) is 5.59. The van der Waals surface area contributed by atoms with Crippen molar-refractivity contribution in [3.05, 3.63) is 35.9 Å². The van der Waals surface area contributed by atoms with Crippen LogP contribution in [0.3, 0.4) is 0 Å². The zero-order chi connectivity index (χ0) is 16.6. The summed E-state index contributed by atoms with van der Waals surface area (Å²) >= 11 is 0. The van der Waals surface area contributed by atoms with Gasteiger partial charge >= 0.3 is 0 Å². The lowest BCUT2D eigenvalue weighted by Gasteiger charge is -2.19. The van der Waals surface area contributed by atoms with Crippen molar-refractivity contribution < 1.29 is 13.2 Å². The van der Waals surface area contributed by atoms with Crippen LogP contribution >= 0.6 is 0 Å². The Bertz CT molecular complexity index is 817. The maximum absolute atomic E-state index is 12.6. The quantitative estimate of drug-likeness (QED) is 0.798. The molecule has 2 aliphatic rings. The number of aryl methyl sites for hydroxylation is 1. The van der Waals surface area contributed by atoms with Gasteiger partial charge in [0.1, 0.15) is 18.1 Å². The molecule has 2 aromatic heterocycles. The Labute approximate surface area is 140 Å². The van der Waals surface area contributed by atoms with Crippen molar-refractivity contribution in [3.8, 4) is 5.75 Å². The van der Waals surface area contributed by atoms with Crippen LogP contribution in [0.15, 0.2) is 24.5 Å². The lowest BCUT2D eigenvalue weighted by Crippen LogP contribution is -2.33. The topological polar surface area (TPSA) is 90.2 Å². The molecule has 3 heterocycles. The number of hydrogen-bond acceptors (Lipinski definition) is 6. The van der Waals surface area contributed by atoms with E-state index in [1.54, 1.807) is 27.4 Å². The minimum absolute atomic E-state index is 0.199. The molecular formula is C15H19N5O3S. The third-order valence-corrected chi connectivity index (χ3v) is 6.68. The minimum Gasteiger partial charge on any atom is -0.486 e. The molecule has 0 bridgehead atoms. The fraction of sp³-hybridized carbons (Fsp3) is 0.533. The Balaban J connectivity index is 1.53. The molecule has 0 aromatic carbocycles. The molecule has 1 aliphatic heterocycles. The lowest BCUT2D eigenvalue weighted by atomic mass is 10.3. The Hall–Kier alpha value is -2.00. The Morgan fingerprint density at radius 2 is 2.17 bits per heavy atom. The van der Waals surface area contributed by atoms with Crippen LogP contribution in [0.4, 0.5) is 0 Å². The van der Waals surface area contributed by atoms with Gasteiger partial charge in [-0.3, -0.25) is 4.98 Å². The van der Waals surface area contributed by atoms with Crippen LogP contribution in [0.25, 0.3) is 0 Å². The summed E-state index contributed by atoms with van der Waals surface area (Å²) in [6.45, 7) is 1.77. The lowest BCUT2D eigenvalue weighted by molar-refractivity contribution is 0.296. The summed E-state index contributed by atoms with van der Waals surface area (Å²) in [7, 11) is -3.20. The predicted molar refractivity (Wildman–Crippen MR) is 85.6 cm³/mol. The van der Waals surface area contributed by atoms with Crippen molar-refractivity contribution in [1.29, 1.82) is 0 Å². The molecule has 128 valence electrons. The van der Waals surface area contributed by atoms with Crippen molar-refractivity contribution in [3.63, 3.8) is 0 Å². The van der Waals surface area contributed by atoms with Crippen LogP contribution in [0, 0.1) is 0 Å². The van der Waals surface area contributed by atoms with Gasteiger partial charge in [-0.1, -0.05) is 5.21 Å². The van der Waals surface area contributed by atoms with Crippen molar-refractivity contribution in [2.45, 2.75) is 44.2 Å². The molecule has 0 unspecified atom stereocenters. The third-order valence-electron chi connectivity index (χ3n) is 4.34.